The van der Waals surface area contributed by atoms with Crippen LogP contribution in [0.1, 0.15) is 33.2 Å². The fraction of sp³-hybridized carbons (Fsp3) is 0.100. The van der Waals surface area contributed by atoms with E-state index in [1.54, 1.807) is 6.07 Å². The number of nitrogens with zero attached hydrogens (tertiary/aromatic N) is 1. The zero-order valence-electron chi connectivity index (χ0n) is 7.37. The van der Waals surface area contributed by atoms with E-state index < -0.39 is 11.6 Å². The lowest BCUT2D eigenvalue weighted by molar-refractivity contribution is 0.101. The van der Waals surface area contributed by atoms with Crippen LogP contribution in [0.15, 0.2) is 12.1 Å². The van der Waals surface area contributed by atoms with Crippen molar-refractivity contribution in [1.29, 1.82) is 5.26 Å². The maximum atomic E-state index is 13.4. The molecular formula is C10H6FNO2. The number of hydrogen-bond acceptors (Lipinski definition) is 3. The van der Waals surface area contributed by atoms with E-state index in [9.17, 15) is 14.0 Å². The quantitative estimate of drug-likeness (QED) is 0.528. The first-order valence-corrected chi connectivity index (χ1v) is 3.80. The predicted molar refractivity (Wildman–Crippen MR) is 46.5 cm³/mol. The van der Waals surface area contributed by atoms with Crippen molar-refractivity contribution in [2.75, 3.05) is 0 Å². The van der Waals surface area contributed by atoms with Gasteiger partial charge < -0.3 is 0 Å². The molecule has 0 aromatic heterocycles. The highest BCUT2D eigenvalue weighted by molar-refractivity contribution is 5.96. The minimum absolute atomic E-state index is 0.0671. The van der Waals surface area contributed by atoms with Gasteiger partial charge in [0.15, 0.2) is 12.1 Å². The summed E-state index contributed by atoms with van der Waals surface area (Å²) in [5.41, 5.74) is -0.603. The predicted octanol–water partition coefficient (Wildman–Crippen LogP) is 1.71. The second-order valence-corrected chi connectivity index (χ2v) is 2.67. The number of aldehydes is 1. The molecule has 14 heavy (non-hydrogen) atoms. The average molecular weight is 191 g/mol. The highest BCUT2D eigenvalue weighted by Crippen LogP contribution is 2.16. The maximum Gasteiger partial charge on any atom is 0.162 e. The lowest BCUT2D eigenvalue weighted by Gasteiger charge is -2.02. The summed E-state index contributed by atoms with van der Waals surface area (Å²) in [6.07, 6.45) is 0.236. The Morgan fingerprint density at radius 1 is 1.57 bits per heavy atom. The smallest absolute Gasteiger partial charge is 0.162 e. The number of Topliss-reactive ketones (excluding diaryl/α,β-unsaturated/α-hetero) is 1. The summed E-state index contributed by atoms with van der Waals surface area (Å²) in [6, 6.07) is 4.12. The van der Waals surface area contributed by atoms with Crippen molar-refractivity contribution in [3.8, 4) is 6.07 Å². The second kappa shape index (κ2) is 3.79. The van der Waals surface area contributed by atoms with Crippen LogP contribution in [0.2, 0.25) is 0 Å². The zero-order valence-corrected chi connectivity index (χ0v) is 7.37. The summed E-state index contributed by atoms with van der Waals surface area (Å²) in [7, 11) is 0. The van der Waals surface area contributed by atoms with Crippen LogP contribution in [0.25, 0.3) is 0 Å². The number of benzene rings is 1. The summed E-state index contributed by atoms with van der Waals surface area (Å²) in [4.78, 5) is 21.4. The van der Waals surface area contributed by atoms with Crippen molar-refractivity contribution in [3.05, 3.63) is 34.6 Å². The molecule has 0 bridgehead atoms. The number of halogens is 1. The van der Waals surface area contributed by atoms with Crippen LogP contribution >= 0.6 is 0 Å². The third-order valence-corrected chi connectivity index (χ3v) is 1.80. The maximum absolute atomic E-state index is 13.4. The molecule has 0 aliphatic heterocycles. The Hall–Kier alpha value is -2.02. The Kier molecular flexibility index (Phi) is 2.73. The van der Waals surface area contributed by atoms with Crippen LogP contribution in [0.5, 0.6) is 0 Å². The minimum Gasteiger partial charge on any atom is -0.298 e. The fourth-order valence-corrected chi connectivity index (χ4v) is 1.08. The van der Waals surface area contributed by atoms with Crippen molar-refractivity contribution >= 4 is 12.1 Å². The molecule has 3 nitrogen and oxygen atoms in total. The lowest BCUT2D eigenvalue weighted by atomic mass is 10.0. The first-order chi connectivity index (χ1) is 6.61. The highest BCUT2D eigenvalue weighted by Gasteiger charge is 2.14. The van der Waals surface area contributed by atoms with E-state index in [-0.39, 0.29) is 23.0 Å². The molecule has 0 N–H and O–H groups in total. The van der Waals surface area contributed by atoms with Crippen molar-refractivity contribution in [3.63, 3.8) is 0 Å². The van der Waals surface area contributed by atoms with E-state index in [1.807, 2.05) is 0 Å². The molecule has 1 aromatic carbocycles. The van der Waals surface area contributed by atoms with E-state index in [1.165, 1.54) is 19.1 Å². The fourth-order valence-electron chi connectivity index (χ4n) is 1.08. The molecule has 1 rings (SSSR count). The Morgan fingerprint density at radius 3 is 2.64 bits per heavy atom. The molecule has 0 saturated carbocycles. The first kappa shape index (κ1) is 10.1. The van der Waals surface area contributed by atoms with Gasteiger partial charge in [-0.3, -0.25) is 9.59 Å². The SMILES string of the molecule is CC(=O)c1ccc(C#N)c(C=O)c1F. The summed E-state index contributed by atoms with van der Waals surface area (Å²) >= 11 is 0. The molecule has 0 aliphatic rings. The zero-order chi connectivity index (χ0) is 10.7. The Morgan fingerprint density at radius 2 is 2.21 bits per heavy atom. The van der Waals surface area contributed by atoms with Crippen LogP contribution in [0, 0.1) is 17.1 Å². The van der Waals surface area contributed by atoms with Gasteiger partial charge in [-0.25, -0.2) is 4.39 Å². The summed E-state index contributed by atoms with van der Waals surface area (Å²) in [5, 5.41) is 8.54. The Balaban J connectivity index is 3.52. The summed E-state index contributed by atoms with van der Waals surface area (Å²) in [6.45, 7) is 1.19. The molecule has 0 atom stereocenters. The van der Waals surface area contributed by atoms with Gasteiger partial charge in [0.05, 0.1) is 22.8 Å². The molecule has 0 radical (unpaired) electrons. The largest absolute Gasteiger partial charge is 0.298 e. The van der Waals surface area contributed by atoms with E-state index in [0.29, 0.717) is 0 Å². The molecule has 0 spiro atoms. The molecule has 1 aromatic rings. The van der Waals surface area contributed by atoms with Gasteiger partial charge >= 0.3 is 0 Å². The van der Waals surface area contributed by atoms with Crippen molar-refractivity contribution in [2.45, 2.75) is 6.92 Å². The van der Waals surface area contributed by atoms with E-state index in [4.69, 9.17) is 5.26 Å². The van der Waals surface area contributed by atoms with Crippen molar-refractivity contribution in [1.82, 2.24) is 0 Å². The molecule has 70 valence electrons. The molecule has 4 heteroatoms. The third-order valence-electron chi connectivity index (χ3n) is 1.80. The molecular weight excluding hydrogens is 185 g/mol. The number of nitriles is 1. The van der Waals surface area contributed by atoms with Crippen LogP contribution in [-0.2, 0) is 0 Å². The van der Waals surface area contributed by atoms with Gasteiger partial charge in [0.25, 0.3) is 0 Å². The molecule has 0 fully saturated rings. The van der Waals surface area contributed by atoms with Gasteiger partial charge in [-0.05, 0) is 19.1 Å². The van der Waals surface area contributed by atoms with Crippen LogP contribution in [0.3, 0.4) is 0 Å². The summed E-state index contributed by atoms with van der Waals surface area (Å²) in [5.74, 6) is -1.40. The summed E-state index contributed by atoms with van der Waals surface area (Å²) < 4.78 is 13.4. The van der Waals surface area contributed by atoms with Gasteiger partial charge in [0, 0.05) is 0 Å². The van der Waals surface area contributed by atoms with E-state index in [2.05, 4.69) is 0 Å². The lowest BCUT2D eigenvalue weighted by Crippen LogP contribution is -2.03. The van der Waals surface area contributed by atoms with Crippen LogP contribution in [0.4, 0.5) is 4.39 Å². The van der Waals surface area contributed by atoms with E-state index in [0.717, 1.165) is 0 Å². The standard InChI is InChI=1S/C10H6FNO2/c1-6(14)8-3-2-7(4-12)9(5-13)10(8)11/h2-3,5H,1H3. The number of carbonyl (C=O) groups is 2. The van der Waals surface area contributed by atoms with Gasteiger partial charge in [0.1, 0.15) is 5.82 Å². The second-order valence-electron chi connectivity index (χ2n) is 2.67. The number of rotatable bonds is 2. The van der Waals surface area contributed by atoms with Crippen molar-refractivity contribution < 1.29 is 14.0 Å². The molecule has 0 saturated heterocycles. The van der Waals surface area contributed by atoms with E-state index >= 15 is 0 Å². The monoisotopic (exact) mass is 191 g/mol. The van der Waals surface area contributed by atoms with Gasteiger partial charge in [-0.15, -0.1) is 0 Å². The number of hydrogen-bond donors (Lipinski definition) is 0. The van der Waals surface area contributed by atoms with Crippen LogP contribution < -0.4 is 0 Å². The minimum atomic E-state index is -0.924. The highest BCUT2D eigenvalue weighted by atomic mass is 19.1. The van der Waals surface area contributed by atoms with Gasteiger partial charge in [0.2, 0.25) is 0 Å². The Bertz CT molecular complexity index is 446. The van der Waals surface area contributed by atoms with Crippen molar-refractivity contribution in [2.24, 2.45) is 0 Å². The molecule has 0 heterocycles. The van der Waals surface area contributed by atoms with Gasteiger partial charge in [-0.1, -0.05) is 0 Å². The Labute approximate surface area is 79.8 Å². The molecule has 0 unspecified atom stereocenters. The average Bonchev–Trinajstić information content (AvgIpc) is 2.16. The third kappa shape index (κ3) is 1.52. The molecule has 0 amide bonds. The van der Waals surface area contributed by atoms with Gasteiger partial charge in [-0.2, -0.15) is 5.26 Å². The molecule has 0 aliphatic carbocycles. The topological polar surface area (TPSA) is 57.9 Å². The van der Waals surface area contributed by atoms with Crippen LogP contribution in [-0.4, -0.2) is 12.1 Å². The number of ketones is 1. The normalized spacial score (nSPS) is 9.21. The number of carbonyl (C=O) groups excluding carboxylic acids is 2. The first-order valence-electron chi connectivity index (χ1n) is 3.80.